The second-order valence-electron chi connectivity index (χ2n) is 3.98. The first-order valence-electron chi connectivity index (χ1n) is 5.33. The van der Waals surface area contributed by atoms with Gasteiger partial charge in [-0.2, -0.15) is 0 Å². The van der Waals surface area contributed by atoms with Gasteiger partial charge in [0.1, 0.15) is 0 Å². The number of nitrogens with one attached hydrogen (secondary N) is 1. The lowest BCUT2D eigenvalue weighted by atomic mass is 10.2. The van der Waals surface area contributed by atoms with E-state index in [9.17, 15) is 0 Å². The number of halogens is 1. The zero-order chi connectivity index (χ0) is 11.5. The summed E-state index contributed by atoms with van der Waals surface area (Å²) in [5, 5.41) is 5.92. The van der Waals surface area contributed by atoms with Crippen LogP contribution in [0.15, 0.2) is 29.3 Å². The maximum Gasteiger partial charge on any atom is 0.161 e. The number of hydrogen-bond donors (Lipinski definition) is 1. The zero-order valence-electron chi connectivity index (χ0n) is 9.40. The molecule has 1 aliphatic rings. The topological polar surface area (TPSA) is 24.4 Å². The number of amidine groups is 1. The van der Waals surface area contributed by atoms with Gasteiger partial charge in [0.2, 0.25) is 0 Å². The summed E-state index contributed by atoms with van der Waals surface area (Å²) in [5.74, 6) is 0. The number of aliphatic imine (C=N–C) groups is 1. The summed E-state index contributed by atoms with van der Waals surface area (Å²) in [5.41, 5.74) is 2.39. The number of nitrogens with zero attached hydrogens (tertiary/aromatic N) is 1. The van der Waals surface area contributed by atoms with Crippen molar-refractivity contribution in [3.05, 3.63) is 29.8 Å². The maximum atomic E-state index is 4.60. The molecule has 1 heterocycles. The second-order valence-corrected chi connectivity index (χ2v) is 5.85. The van der Waals surface area contributed by atoms with Crippen molar-refractivity contribution in [1.82, 2.24) is 0 Å². The smallest absolute Gasteiger partial charge is 0.161 e. The van der Waals surface area contributed by atoms with Crippen molar-refractivity contribution in [3.8, 4) is 0 Å². The maximum absolute atomic E-state index is 4.60. The zero-order valence-corrected chi connectivity index (χ0v) is 11.8. The largest absolute Gasteiger partial charge is 0.335 e. The first kappa shape index (κ1) is 12.0. The molecular formula is C12H15BrN2S. The number of alkyl halides is 1. The fourth-order valence-electron chi connectivity index (χ4n) is 1.52. The van der Waals surface area contributed by atoms with Crippen LogP contribution in [0.2, 0.25) is 0 Å². The van der Waals surface area contributed by atoms with Crippen molar-refractivity contribution in [2.45, 2.75) is 25.1 Å². The number of anilines is 1. The van der Waals surface area contributed by atoms with Gasteiger partial charge in [-0.25, -0.2) is 0 Å². The predicted octanol–water partition coefficient (Wildman–Crippen LogP) is 3.66. The first-order chi connectivity index (χ1) is 7.69. The van der Waals surface area contributed by atoms with Gasteiger partial charge in [-0.1, -0.05) is 45.4 Å². The monoisotopic (exact) mass is 298 g/mol. The van der Waals surface area contributed by atoms with Gasteiger partial charge in [-0.15, -0.1) is 0 Å². The summed E-state index contributed by atoms with van der Waals surface area (Å²) in [6, 6.07) is 8.77. The van der Waals surface area contributed by atoms with E-state index in [0.29, 0.717) is 11.3 Å². The Balaban J connectivity index is 2.01. The fraction of sp³-hybridized carbons (Fsp3) is 0.417. The van der Waals surface area contributed by atoms with Gasteiger partial charge in [0.05, 0.1) is 6.04 Å². The van der Waals surface area contributed by atoms with Crippen LogP contribution in [0.1, 0.15) is 12.5 Å². The van der Waals surface area contributed by atoms with E-state index in [4.69, 9.17) is 0 Å². The third kappa shape index (κ3) is 2.80. The van der Waals surface area contributed by atoms with Gasteiger partial charge in [-0.05, 0) is 26.0 Å². The Morgan fingerprint density at radius 2 is 2.06 bits per heavy atom. The molecule has 2 nitrogen and oxygen atoms in total. The van der Waals surface area contributed by atoms with E-state index < -0.39 is 0 Å². The van der Waals surface area contributed by atoms with Crippen LogP contribution in [0.4, 0.5) is 5.69 Å². The van der Waals surface area contributed by atoms with E-state index in [1.807, 2.05) is 11.8 Å². The van der Waals surface area contributed by atoms with Crippen molar-refractivity contribution in [3.63, 3.8) is 0 Å². The summed E-state index contributed by atoms with van der Waals surface area (Å²) < 4.78 is 0. The molecule has 1 aliphatic heterocycles. The lowest BCUT2D eigenvalue weighted by Gasteiger charge is -2.08. The average molecular weight is 299 g/mol. The molecule has 2 rings (SSSR count). The number of aryl methyl sites for hydroxylation is 1. The standard InChI is InChI=1S/C12H15BrN2S/c1-8-3-5-10(6-4-8)15-12-14-9(2)11(7-13)16-12/h3-6,9,11H,7H2,1-2H3,(H,14,15). The molecule has 0 aliphatic carbocycles. The average Bonchev–Trinajstić information content (AvgIpc) is 2.62. The first-order valence-corrected chi connectivity index (χ1v) is 7.33. The minimum absolute atomic E-state index is 0.386. The van der Waals surface area contributed by atoms with E-state index in [1.54, 1.807) is 0 Å². The van der Waals surface area contributed by atoms with Crippen LogP contribution in [0, 0.1) is 6.92 Å². The quantitative estimate of drug-likeness (QED) is 0.843. The van der Waals surface area contributed by atoms with E-state index in [-0.39, 0.29) is 0 Å². The van der Waals surface area contributed by atoms with Crippen LogP contribution in [-0.2, 0) is 0 Å². The molecule has 0 aromatic heterocycles. The molecule has 2 unspecified atom stereocenters. The van der Waals surface area contributed by atoms with Gasteiger partial charge in [-0.3, -0.25) is 4.99 Å². The minimum atomic E-state index is 0.386. The Labute approximate surface area is 109 Å². The third-order valence-electron chi connectivity index (χ3n) is 2.58. The van der Waals surface area contributed by atoms with Gasteiger partial charge < -0.3 is 5.32 Å². The molecule has 0 radical (unpaired) electrons. The number of hydrogen-bond acceptors (Lipinski definition) is 3. The number of rotatable bonds is 2. The lowest BCUT2D eigenvalue weighted by Crippen LogP contribution is -2.14. The van der Waals surface area contributed by atoms with Crippen molar-refractivity contribution < 1.29 is 0 Å². The lowest BCUT2D eigenvalue weighted by molar-refractivity contribution is 0.758. The van der Waals surface area contributed by atoms with E-state index in [2.05, 4.69) is 64.4 Å². The highest BCUT2D eigenvalue weighted by Crippen LogP contribution is 2.28. The van der Waals surface area contributed by atoms with Gasteiger partial charge in [0.15, 0.2) is 5.17 Å². The SMILES string of the molecule is Cc1ccc(NC2=NC(C)C(CBr)S2)cc1. The summed E-state index contributed by atoms with van der Waals surface area (Å²) in [6.07, 6.45) is 0. The highest BCUT2D eigenvalue weighted by atomic mass is 79.9. The van der Waals surface area contributed by atoms with Gasteiger partial charge >= 0.3 is 0 Å². The Kier molecular flexibility index (Phi) is 3.92. The van der Waals surface area contributed by atoms with Gasteiger partial charge in [0.25, 0.3) is 0 Å². The molecule has 16 heavy (non-hydrogen) atoms. The summed E-state index contributed by atoms with van der Waals surface area (Å²) in [6.45, 7) is 4.25. The molecule has 4 heteroatoms. The molecule has 0 spiro atoms. The summed E-state index contributed by atoms with van der Waals surface area (Å²) in [4.78, 5) is 4.60. The molecule has 0 fully saturated rings. The third-order valence-corrected chi connectivity index (χ3v) is 5.00. The molecule has 1 aromatic carbocycles. The Morgan fingerprint density at radius 3 is 2.62 bits per heavy atom. The van der Waals surface area contributed by atoms with E-state index >= 15 is 0 Å². The van der Waals surface area contributed by atoms with Crippen LogP contribution < -0.4 is 5.32 Å². The molecule has 86 valence electrons. The number of thioether (sulfide) groups is 1. The van der Waals surface area contributed by atoms with Crippen molar-refractivity contribution in [2.24, 2.45) is 4.99 Å². The molecule has 2 atom stereocenters. The Hall–Kier alpha value is -0.480. The van der Waals surface area contributed by atoms with Gasteiger partial charge in [0, 0.05) is 16.3 Å². The predicted molar refractivity (Wildman–Crippen MR) is 76.9 cm³/mol. The highest BCUT2D eigenvalue weighted by molar-refractivity contribution is 9.09. The summed E-state index contributed by atoms with van der Waals surface area (Å²) >= 11 is 5.33. The van der Waals surface area contributed by atoms with Crippen LogP contribution >= 0.6 is 27.7 Å². The van der Waals surface area contributed by atoms with Crippen LogP contribution in [0.3, 0.4) is 0 Å². The van der Waals surface area contributed by atoms with Crippen molar-refractivity contribution in [2.75, 3.05) is 10.6 Å². The van der Waals surface area contributed by atoms with E-state index in [1.165, 1.54) is 5.56 Å². The second kappa shape index (κ2) is 5.23. The highest BCUT2D eigenvalue weighted by Gasteiger charge is 2.25. The van der Waals surface area contributed by atoms with Crippen LogP contribution in [0.25, 0.3) is 0 Å². The summed E-state index contributed by atoms with van der Waals surface area (Å²) in [7, 11) is 0. The Morgan fingerprint density at radius 1 is 1.38 bits per heavy atom. The molecule has 0 saturated heterocycles. The number of benzene rings is 1. The van der Waals surface area contributed by atoms with Crippen molar-refractivity contribution in [1.29, 1.82) is 0 Å². The Bertz CT molecular complexity index is 389. The normalized spacial score (nSPS) is 24.3. The molecular weight excluding hydrogens is 284 g/mol. The van der Waals surface area contributed by atoms with Crippen LogP contribution in [-0.4, -0.2) is 21.8 Å². The fourth-order valence-corrected chi connectivity index (χ4v) is 3.47. The molecule has 0 saturated carbocycles. The van der Waals surface area contributed by atoms with Crippen LogP contribution in [0.5, 0.6) is 0 Å². The van der Waals surface area contributed by atoms with Crippen molar-refractivity contribution >= 4 is 38.5 Å². The molecule has 1 N–H and O–H groups in total. The molecule has 1 aromatic rings. The minimum Gasteiger partial charge on any atom is -0.335 e. The molecule has 0 bridgehead atoms. The van der Waals surface area contributed by atoms with E-state index in [0.717, 1.165) is 16.2 Å². The molecule has 0 amide bonds.